The highest BCUT2D eigenvalue weighted by atomic mass is 35.5. The number of alkyl halides is 3. The molecular formula is C20H14Cl2F4N2O6S2. The summed E-state index contributed by atoms with van der Waals surface area (Å²) >= 11 is 12.3. The lowest BCUT2D eigenvalue weighted by molar-refractivity contribution is -0.0500. The second-order valence-corrected chi connectivity index (χ2v) is 11.7. The standard InChI is InChI=1S/C20H14Cl2F4N2O6S2/c1-9-8-27-17(11-5-4-6-13(16(11)23)35(3,30)31)15(22)18(9)28-10(2)7-12(14(21)19(28)29)34-36(32,33)20(24,25)26/h4-8H,1-3H3. The third-order valence-corrected chi connectivity index (χ3v) is 7.59. The highest BCUT2D eigenvalue weighted by molar-refractivity contribution is 7.90. The fourth-order valence-corrected chi connectivity index (χ4v) is 5.02. The van der Waals surface area contributed by atoms with E-state index >= 15 is 4.39 Å². The maximum atomic E-state index is 15.1. The van der Waals surface area contributed by atoms with Crippen molar-refractivity contribution in [2.24, 2.45) is 0 Å². The maximum Gasteiger partial charge on any atom is 0.534 e. The SMILES string of the molecule is Cc1cnc(-c2cccc(S(C)(=O)=O)c2F)c(Cl)c1-n1c(C)cc(OS(=O)(=O)C(F)(F)F)c(Cl)c1=O. The minimum atomic E-state index is -6.12. The number of benzene rings is 1. The minimum Gasteiger partial charge on any atom is -0.374 e. The average Bonchev–Trinajstić information content (AvgIpc) is 2.73. The number of halogens is 6. The van der Waals surface area contributed by atoms with Crippen molar-refractivity contribution in [3.05, 3.63) is 67.9 Å². The van der Waals surface area contributed by atoms with E-state index in [2.05, 4.69) is 9.17 Å². The van der Waals surface area contributed by atoms with Crippen LogP contribution >= 0.6 is 23.2 Å². The first-order chi connectivity index (χ1) is 16.4. The molecular weight excluding hydrogens is 575 g/mol. The molecule has 0 N–H and O–H groups in total. The summed E-state index contributed by atoms with van der Waals surface area (Å²) in [6.45, 7) is 2.69. The van der Waals surface area contributed by atoms with Gasteiger partial charge in [0.2, 0.25) is 0 Å². The molecule has 0 aliphatic carbocycles. The lowest BCUT2D eigenvalue weighted by atomic mass is 10.1. The first-order valence-corrected chi connectivity index (χ1v) is 13.5. The molecule has 0 atom stereocenters. The Morgan fingerprint density at radius 3 is 2.22 bits per heavy atom. The van der Waals surface area contributed by atoms with Gasteiger partial charge < -0.3 is 4.18 Å². The van der Waals surface area contributed by atoms with Crippen LogP contribution < -0.4 is 9.74 Å². The molecule has 0 spiro atoms. The summed E-state index contributed by atoms with van der Waals surface area (Å²) in [6, 6.07) is 4.28. The van der Waals surface area contributed by atoms with E-state index in [4.69, 9.17) is 23.2 Å². The van der Waals surface area contributed by atoms with Crippen molar-refractivity contribution in [2.45, 2.75) is 24.3 Å². The molecule has 0 saturated heterocycles. The Morgan fingerprint density at radius 1 is 1.06 bits per heavy atom. The number of pyridine rings is 2. The number of hydrogen-bond acceptors (Lipinski definition) is 7. The predicted octanol–water partition coefficient (Wildman–Crippen LogP) is 4.59. The molecule has 2 aromatic heterocycles. The van der Waals surface area contributed by atoms with E-state index in [-0.39, 0.29) is 33.2 Å². The molecule has 16 heteroatoms. The fraction of sp³-hybridized carbons (Fsp3) is 0.200. The number of aryl methyl sites for hydroxylation is 2. The highest BCUT2D eigenvalue weighted by Crippen LogP contribution is 2.37. The second-order valence-electron chi connectivity index (χ2n) is 7.43. The smallest absolute Gasteiger partial charge is 0.374 e. The Bertz CT molecular complexity index is 1670. The van der Waals surface area contributed by atoms with E-state index in [0.29, 0.717) is 0 Å². The number of rotatable bonds is 5. The van der Waals surface area contributed by atoms with Gasteiger partial charge in [0, 0.05) is 29.8 Å². The molecule has 0 unspecified atom stereocenters. The molecule has 0 fully saturated rings. The van der Waals surface area contributed by atoms with E-state index in [1.807, 2.05) is 0 Å². The first-order valence-electron chi connectivity index (χ1n) is 9.45. The average molecular weight is 589 g/mol. The van der Waals surface area contributed by atoms with Crippen LogP contribution in [0, 0.1) is 19.7 Å². The van der Waals surface area contributed by atoms with Crippen molar-refractivity contribution >= 4 is 43.2 Å². The Kier molecular flexibility index (Phi) is 7.22. The molecule has 1 aromatic carbocycles. The van der Waals surface area contributed by atoms with Crippen LogP contribution in [-0.4, -0.2) is 38.2 Å². The molecule has 0 bridgehead atoms. The molecule has 8 nitrogen and oxygen atoms in total. The van der Waals surface area contributed by atoms with E-state index in [1.165, 1.54) is 32.2 Å². The van der Waals surface area contributed by atoms with E-state index < -0.39 is 52.5 Å². The second kappa shape index (κ2) is 9.32. The fourth-order valence-electron chi connectivity index (χ4n) is 3.19. The summed E-state index contributed by atoms with van der Waals surface area (Å²) in [5.41, 5.74) is -7.55. The maximum absolute atomic E-state index is 15.1. The third-order valence-electron chi connectivity index (χ3n) is 4.80. The van der Waals surface area contributed by atoms with Crippen LogP contribution in [0.5, 0.6) is 5.75 Å². The first kappa shape index (κ1) is 27.9. The van der Waals surface area contributed by atoms with Crippen LogP contribution in [0.15, 0.2) is 40.2 Å². The molecule has 3 rings (SSSR count). The Labute approximate surface area is 212 Å². The Morgan fingerprint density at radius 2 is 1.67 bits per heavy atom. The van der Waals surface area contributed by atoms with Gasteiger partial charge in [-0.1, -0.05) is 29.3 Å². The van der Waals surface area contributed by atoms with E-state index in [0.717, 1.165) is 23.0 Å². The van der Waals surface area contributed by atoms with Gasteiger partial charge in [0.15, 0.2) is 21.4 Å². The predicted molar refractivity (Wildman–Crippen MR) is 123 cm³/mol. The molecule has 0 radical (unpaired) electrons. The summed E-state index contributed by atoms with van der Waals surface area (Å²) in [5.74, 6) is -2.21. The summed E-state index contributed by atoms with van der Waals surface area (Å²) in [7, 11) is -10.1. The van der Waals surface area contributed by atoms with Gasteiger partial charge in [0.1, 0.15) is 9.92 Å². The summed E-state index contributed by atoms with van der Waals surface area (Å²) in [4.78, 5) is 16.4. The lowest BCUT2D eigenvalue weighted by Crippen LogP contribution is -2.30. The number of hydrogen-bond donors (Lipinski definition) is 0. The van der Waals surface area contributed by atoms with Gasteiger partial charge in [-0.2, -0.15) is 21.6 Å². The quantitative estimate of drug-likeness (QED) is 0.243. The molecule has 0 aliphatic rings. The zero-order valence-corrected chi connectivity index (χ0v) is 21.5. The van der Waals surface area contributed by atoms with Crippen molar-refractivity contribution in [2.75, 3.05) is 6.26 Å². The number of aromatic nitrogens is 2. The van der Waals surface area contributed by atoms with Gasteiger partial charge >= 0.3 is 15.6 Å². The zero-order chi connectivity index (χ0) is 27.4. The van der Waals surface area contributed by atoms with Gasteiger partial charge in [-0.3, -0.25) is 14.3 Å². The van der Waals surface area contributed by atoms with Crippen LogP contribution in [0.4, 0.5) is 17.6 Å². The van der Waals surface area contributed by atoms with Crippen molar-refractivity contribution in [3.8, 4) is 22.7 Å². The van der Waals surface area contributed by atoms with Gasteiger partial charge in [0.05, 0.1) is 16.4 Å². The van der Waals surface area contributed by atoms with Crippen molar-refractivity contribution < 1.29 is 38.6 Å². The molecule has 0 saturated carbocycles. The Hall–Kier alpha value is -2.68. The molecule has 3 aromatic rings. The van der Waals surface area contributed by atoms with Gasteiger partial charge in [0.25, 0.3) is 5.56 Å². The molecule has 36 heavy (non-hydrogen) atoms. The van der Waals surface area contributed by atoms with Gasteiger partial charge in [-0.15, -0.1) is 0 Å². The van der Waals surface area contributed by atoms with Crippen LogP contribution in [0.1, 0.15) is 11.3 Å². The highest BCUT2D eigenvalue weighted by Gasteiger charge is 2.49. The summed E-state index contributed by atoms with van der Waals surface area (Å²) < 4.78 is 105. The molecule has 2 heterocycles. The minimum absolute atomic E-state index is 0.111. The lowest BCUT2D eigenvalue weighted by Gasteiger charge is -2.19. The molecule has 0 amide bonds. The van der Waals surface area contributed by atoms with Crippen LogP contribution in [-0.2, 0) is 20.0 Å². The summed E-state index contributed by atoms with van der Waals surface area (Å²) in [6.07, 6.45) is 2.00. The third kappa shape index (κ3) is 4.94. The van der Waals surface area contributed by atoms with Crippen LogP contribution in [0.2, 0.25) is 10.0 Å². The topological polar surface area (TPSA) is 112 Å². The number of nitrogens with zero attached hydrogens (tertiary/aromatic N) is 2. The normalized spacial score (nSPS) is 12.6. The van der Waals surface area contributed by atoms with Crippen LogP contribution in [0.25, 0.3) is 16.9 Å². The van der Waals surface area contributed by atoms with Crippen LogP contribution in [0.3, 0.4) is 0 Å². The van der Waals surface area contributed by atoms with Crippen molar-refractivity contribution in [1.29, 1.82) is 0 Å². The van der Waals surface area contributed by atoms with Crippen molar-refractivity contribution in [1.82, 2.24) is 9.55 Å². The zero-order valence-electron chi connectivity index (χ0n) is 18.3. The van der Waals surface area contributed by atoms with E-state index in [9.17, 15) is 34.8 Å². The van der Waals surface area contributed by atoms with Gasteiger partial charge in [-0.25, -0.2) is 12.8 Å². The number of sulfone groups is 1. The molecule has 0 aliphatic heterocycles. The van der Waals surface area contributed by atoms with Gasteiger partial charge in [-0.05, 0) is 31.5 Å². The van der Waals surface area contributed by atoms with Crippen molar-refractivity contribution in [3.63, 3.8) is 0 Å². The van der Waals surface area contributed by atoms with E-state index in [1.54, 1.807) is 0 Å². The monoisotopic (exact) mass is 588 g/mol. The molecule has 194 valence electrons. The Balaban J connectivity index is 2.28. The summed E-state index contributed by atoms with van der Waals surface area (Å²) in [5, 5.41) is -1.33. The largest absolute Gasteiger partial charge is 0.534 e.